The molecule has 0 spiro atoms. The summed E-state index contributed by atoms with van der Waals surface area (Å²) in [7, 11) is -3.90. The molecule has 9 unspecified atom stereocenters. The topological polar surface area (TPSA) is 248 Å². The maximum absolute atomic E-state index is 12.1. The second kappa shape index (κ2) is 13.6. The Morgan fingerprint density at radius 2 is 1.12 bits per heavy atom. The molecule has 0 heterocycles. The Labute approximate surface area is 191 Å². The van der Waals surface area contributed by atoms with Gasteiger partial charge in [0.05, 0.1) is 24.2 Å². The van der Waals surface area contributed by atoms with Gasteiger partial charge in [-0.2, -0.15) is 0 Å². The van der Waals surface area contributed by atoms with E-state index in [9.17, 15) is 54.4 Å². The van der Waals surface area contributed by atoms with Crippen molar-refractivity contribution < 1.29 is 59.5 Å². The van der Waals surface area contributed by atoms with Gasteiger partial charge in [0.25, 0.3) is 0 Å². The number of rotatable bonds is 16. The van der Waals surface area contributed by atoms with Crippen LogP contribution in [-0.2, 0) is 9.84 Å². The molecule has 15 heteroatoms. The highest BCUT2D eigenvalue weighted by atomic mass is 35.5. The fourth-order valence-corrected chi connectivity index (χ4v) is 4.36. The van der Waals surface area contributed by atoms with Crippen LogP contribution >= 0.6 is 11.8 Å². The molecule has 0 amide bonds. The van der Waals surface area contributed by atoms with Crippen molar-refractivity contribution in [2.45, 2.75) is 87.2 Å². The molecule has 0 aromatic rings. The predicted molar refractivity (Wildman–Crippen MR) is 112 cm³/mol. The molecule has 0 aliphatic rings. The zero-order valence-corrected chi connectivity index (χ0v) is 19.4. The standard InChI is InChI=1S/C17H36ClNO12S/c1-17(2,19-18)4-3-5-32(30,31)7-9(22)11(24)13(26)15(28)16(29)14(27)12(25)10(23)8(21)6-20/h8-16,19-29H,3-7H2,1-2H3. The number of sulfone groups is 1. The highest BCUT2D eigenvalue weighted by Gasteiger charge is 2.42. The van der Waals surface area contributed by atoms with Crippen molar-refractivity contribution in [1.29, 1.82) is 0 Å². The van der Waals surface area contributed by atoms with Gasteiger partial charge in [-0.25, -0.2) is 13.3 Å². The Hall–Kier alpha value is -0.200. The van der Waals surface area contributed by atoms with Crippen molar-refractivity contribution in [3.05, 3.63) is 0 Å². The summed E-state index contributed by atoms with van der Waals surface area (Å²) in [5, 5.41) is 96.9. The van der Waals surface area contributed by atoms with Gasteiger partial charge in [0.1, 0.15) is 48.8 Å². The Bertz CT molecular complexity index is 639. The summed E-state index contributed by atoms with van der Waals surface area (Å²) in [6, 6.07) is 0. The molecule has 13 nitrogen and oxygen atoms in total. The van der Waals surface area contributed by atoms with Gasteiger partial charge in [-0.3, -0.25) is 0 Å². The van der Waals surface area contributed by atoms with Crippen LogP contribution in [0.1, 0.15) is 26.7 Å². The lowest BCUT2D eigenvalue weighted by molar-refractivity contribution is -0.185. The largest absolute Gasteiger partial charge is 0.394 e. The van der Waals surface area contributed by atoms with Crippen LogP contribution in [0.15, 0.2) is 0 Å². The average molecular weight is 514 g/mol. The lowest BCUT2D eigenvalue weighted by Gasteiger charge is -2.34. The molecule has 0 rings (SSSR count). The van der Waals surface area contributed by atoms with Gasteiger partial charge in [0.15, 0.2) is 9.84 Å². The van der Waals surface area contributed by atoms with Crippen molar-refractivity contribution >= 4 is 21.6 Å². The van der Waals surface area contributed by atoms with Gasteiger partial charge < -0.3 is 51.1 Å². The van der Waals surface area contributed by atoms with Crippen molar-refractivity contribution in [1.82, 2.24) is 4.84 Å². The van der Waals surface area contributed by atoms with E-state index in [1.165, 1.54) is 0 Å². The maximum atomic E-state index is 12.1. The van der Waals surface area contributed by atoms with E-state index in [-0.39, 0.29) is 12.2 Å². The molecule has 11 N–H and O–H groups in total. The van der Waals surface area contributed by atoms with Crippen LogP contribution in [0.2, 0.25) is 0 Å². The van der Waals surface area contributed by atoms with E-state index in [0.29, 0.717) is 6.42 Å². The van der Waals surface area contributed by atoms with Gasteiger partial charge in [-0.05, 0) is 38.5 Å². The number of aliphatic hydroxyl groups is 10. The summed E-state index contributed by atoms with van der Waals surface area (Å²) in [4.78, 5) is 2.48. The van der Waals surface area contributed by atoms with Crippen LogP contribution in [0.25, 0.3) is 0 Å². The van der Waals surface area contributed by atoms with Gasteiger partial charge in [-0.1, -0.05) is 0 Å². The first kappa shape index (κ1) is 31.8. The summed E-state index contributed by atoms with van der Waals surface area (Å²) in [6.07, 6.45) is -19.6. The molecule has 0 aliphatic carbocycles. The Kier molecular flexibility index (Phi) is 13.5. The van der Waals surface area contributed by atoms with Crippen LogP contribution in [0.3, 0.4) is 0 Å². The molecular weight excluding hydrogens is 478 g/mol. The average Bonchev–Trinajstić information content (AvgIpc) is 2.73. The maximum Gasteiger partial charge on any atom is 0.152 e. The molecular formula is C17H36ClNO12S. The number of hydrogen-bond donors (Lipinski definition) is 11. The molecule has 0 radical (unpaired) electrons. The zero-order valence-electron chi connectivity index (χ0n) is 17.8. The second-order valence-electron chi connectivity index (χ2n) is 8.45. The fourth-order valence-electron chi connectivity index (χ4n) is 2.80. The zero-order chi connectivity index (χ0) is 25.4. The van der Waals surface area contributed by atoms with E-state index < -0.39 is 82.7 Å². The van der Waals surface area contributed by atoms with Crippen molar-refractivity contribution in [2.24, 2.45) is 0 Å². The first-order chi connectivity index (χ1) is 14.5. The third-order valence-electron chi connectivity index (χ3n) is 5.01. The fraction of sp³-hybridized carbons (Fsp3) is 1.00. The van der Waals surface area contributed by atoms with Crippen LogP contribution in [0, 0.1) is 0 Å². The van der Waals surface area contributed by atoms with Gasteiger partial charge in [0, 0.05) is 5.54 Å². The molecule has 32 heavy (non-hydrogen) atoms. The van der Waals surface area contributed by atoms with Crippen LogP contribution in [-0.4, -0.2) is 138 Å². The monoisotopic (exact) mass is 513 g/mol. The summed E-state index contributed by atoms with van der Waals surface area (Å²) >= 11 is 5.53. The molecule has 0 aromatic heterocycles. The van der Waals surface area contributed by atoms with Gasteiger partial charge >= 0.3 is 0 Å². The number of hydrogen-bond acceptors (Lipinski definition) is 13. The summed E-state index contributed by atoms with van der Waals surface area (Å²) in [5.41, 5.74) is -0.544. The number of halogens is 1. The van der Waals surface area contributed by atoms with Gasteiger partial charge in [0.2, 0.25) is 0 Å². The van der Waals surface area contributed by atoms with E-state index >= 15 is 0 Å². The van der Waals surface area contributed by atoms with Crippen molar-refractivity contribution in [3.8, 4) is 0 Å². The number of nitrogens with one attached hydrogen (secondary N) is 1. The summed E-state index contributed by atoms with van der Waals surface area (Å²) in [5.74, 6) is -1.34. The van der Waals surface area contributed by atoms with E-state index in [0.717, 1.165) is 0 Å². The van der Waals surface area contributed by atoms with E-state index in [2.05, 4.69) is 4.84 Å². The summed E-state index contributed by atoms with van der Waals surface area (Å²) < 4.78 is 24.3. The van der Waals surface area contributed by atoms with E-state index in [4.69, 9.17) is 16.9 Å². The third-order valence-corrected chi connectivity index (χ3v) is 7.28. The van der Waals surface area contributed by atoms with E-state index in [1.807, 2.05) is 0 Å². The predicted octanol–water partition coefficient (Wildman–Crippen LogP) is -5.06. The SMILES string of the molecule is CC(C)(CCCS(=O)(=O)CC(O)C(O)C(O)C(O)C(O)C(O)C(O)C(O)C(O)CO)NCl. The van der Waals surface area contributed by atoms with Crippen molar-refractivity contribution in [3.63, 3.8) is 0 Å². The minimum atomic E-state index is -3.90. The normalized spacial score (nSPS) is 21.8. The quantitative estimate of drug-likeness (QED) is 0.0865. The Morgan fingerprint density at radius 3 is 1.50 bits per heavy atom. The van der Waals surface area contributed by atoms with Crippen molar-refractivity contribution in [2.75, 3.05) is 18.1 Å². The molecule has 0 bridgehead atoms. The molecule has 0 saturated carbocycles. The Morgan fingerprint density at radius 1 is 0.750 bits per heavy atom. The lowest BCUT2D eigenvalue weighted by Crippen LogP contribution is -2.58. The molecule has 0 saturated heterocycles. The third kappa shape index (κ3) is 9.97. The van der Waals surface area contributed by atoms with Crippen LogP contribution in [0.5, 0.6) is 0 Å². The second-order valence-corrected chi connectivity index (χ2v) is 10.9. The smallest absolute Gasteiger partial charge is 0.152 e. The molecule has 0 aromatic carbocycles. The summed E-state index contributed by atoms with van der Waals surface area (Å²) in [6.45, 7) is 2.48. The van der Waals surface area contributed by atoms with Gasteiger partial charge in [-0.15, -0.1) is 0 Å². The molecule has 9 atom stereocenters. The van der Waals surface area contributed by atoms with Crippen LogP contribution < -0.4 is 4.84 Å². The first-order valence-electron chi connectivity index (χ1n) is 9.83. The number of aliphatic hydroxyl groups excluding tert-OH is 10. The lowest BCUT2D eigenvalue weighted by atomic mass is 9.92. The first-order valence-corrected chi connectivity index (χ1v) is 12.0. The highest BCUT2D eigenvalue weighted by Crippen LogP contribution is 2.17. The highest BCUT2D eigenvalue weighted by molar-refractivity contribution is 7.91. The molecule has 0 aliphatic heterocycles. The molecule has 0 fully saturated rings. The van der Waals surface area contributed by atoms with Crippen LogP contribution in [0.4, 0.5) is 0 Å². The Balaban J connectivity index is 4.97. The molecule has 194 valence electrons. The minimum absolute atomic E-state index is 0.174. The van der Waals surface area contributed by atoms with E-state index in [1.54, 1.807) is 13.8 Å². The minimum Gasteiger partial charge on any atom is -0.394 e.